The molecule has 6 heteroatoms. The molecule has 1 unspecified atom stereocenters. The summed E-state index contributed by atoms with van der Waals surface area (Å²) in [5.74, 6) is -0.170. The number of aliphatic hydroxyl groups is 1. The highest BCUT2D eigenvalue weighted by atomic mass is 19.3. The summed E-state index contributed by atoms with van der Waals surface area (Å²) in [5.41, 5.74) is 0. The van der Waals surface area contributed by atoms with Gasteiger partial charge < -0.3 is 15.7 Å². The molecule has 1 atom stereocenters. The monoisotopic (exact) mass is 196 g/mol. The van der Waals surface area contributed by atoms with Gasteiger partial charge in [0, 0.05) is 26.6 Å². The second-order valence-electron chi connectivity index (χ2n) is 2.59. The van der Waals surface area contributed by atoms with Crippen molar-refractivity contribution in [3.8, 4) is 0 Å². The van der Waals surface area contributed by atoms with Gasteiger partial charge in [0.15, 0.2) is 0 Å². The van der Waals surface area contributed by atoms with Crippen molar-refractivity contribution in [3.63, 3.8) is 0 Å². The number of rotatable bonds is 6. The zero-order valence-electron chi connectivity index (χ0n) is 7.39. The number of hydrogen-bond acceptors (Lipinski definition) is 3. The molecule has 0 aliphatic rings. The van der Waals surface area contributed by atoms with E-state index in [0.717, 1.165) is 0 Å². The Morgan fingerprint density at radius 2 is 2.08 bits per heavy atom. The van der Waals surface area contributed by atoms with Gasteiger partial charge in [-0.15, -0.1) is 0 Å². The van der Waals surface area contributed by atoms with E-state index in [1.165, 1.54) is 6.92 Å². The Bertz CT molecular complexity index is 155. The molecule has 78 valence electrons. The second kappa shape index (κ2) is 6.73. The first-order chi connectivity index (χ1) is 6.04. The molecule has 0 aromatic heterocycles. The number of hydrogen-bond donors (Lipinski definition) is 3. The van der Waals surface area contributed by atoms with Gasteiger partial charge in [-0.3, -0.25) is 4.79 Å². The summed E-state index contributed by atoms with van der Waals surface area (Å²) in [6.07, 6.45) is -4.37. The fourth-order valence-corrected chi connectivity index (χ4v) is 0.666. The van der Waals surface area contributed by atoms with Crippen molar-refractivity contribution in [2.24, 2.45) is 0 Å². The van der Waals surface area contributed by atoms with Crippen LogP contribution >= 0.6 is 0 Å². The van der Waals surface area contributed by atoms with Crippen molar-refractivity contribution in [2.45, 2.75) is 19.5 Å². The predicted octanol–water partition coefficient (Wildman–Crippen LogP) is -0.662. The molecule has 0 aromatic rings. The summed E-state index contributed by atoms with van der Waals surface area (Å²) < 4.78 is 23.4. The van der Waals surface area contributed by atoms with Crippen molar-refractivity contribution in [2.75, 3.05) is 19.6 Å². The summed E-state index contributed by atoms with van der Waals surface area (Å²) in [6, 6.07) is 0. The highest BCUT2D eigenvalue weighted by Gasteiger charge is 2.15. The lowest BCUT2D eigenvalue weighted by Crippen LogP contribution is -2.36. The summed E-state index contributed by atoms with van der Waals surface area (Å²) in [5, 5.41) is 13.7. The third-order valence-electron chi connectivity index (χ3n) is 1.32. The third kappa shape index (κ3) is 7.61. The molecule has 4 nitrogen and oxygen atoms in total. The van der Waals surface area contributed by atoms with E-state index in [0.29, 0.717) is 13.1 Å². The summed E-state index contributed by atoms with van der Waals surface area (Å²) in [4.78, 5) is 10.3. The second-order valence-corrected chi connectivity index (χ2v) is 2.59. The van der Waals surface area contributed by atoms with Crippen LogP contribution in [0, 0.1) is 0 Å². The Kier molecular flexibility index (Phi) is 6.34. The van der Waals surface area contributed by atoms with Crippen LogP contribution in [0.3, 0.4) is 0 Å². The van der Waals surface area contributed by atoms with E-state index < -0.39 is 12.5 Å². The van der Waals surface area contributed by atoms with Gasteiger partial charge in [0.2, 0.25) is 5.91 Å². The quantitative estimate of drug-likeness (QED) is 0.494. The SMILES string of the molecule is CC(=O)NCCNCC(O)C(F)F. The van der Waals surface area contributed by atoms with Crippen LogP contribution < -0.4 is 10.6 Å². The molecule has 3 N–H and O–H groups in total. The molecule has 0 radical (unpaired) electrons. The van der Waals surface area contributed by atoms with Gasteiger partial charge in [-0.1, -0.05) is 0 Å². The van der Waals surface area contributed by atoms with Gasteiger partial charge >= 0.3 is 0 Å². The molecular formula is C7H14F2N2O2. The number of amides is 1. The molecule has 0 aliphatic heterocycles. The molecule has 0 rings (SSSR count). The fraction of sp³-hybridized carbons (Fsp3) is 0.857. The summed E-state index contributed by atoms with van der Waals surface area (Å²) in [7, 11) is 0. The highest BCUT2D eigenvalue weighted by Crippen LogP contribution is 1.97. The van der Waals surface area contributed by atoms with Gasteiger partial charge in [-0.05, 0) is 0 Å². The maximum atomic E-state index is 11.7. The van der Waals surface area contributed by atoms with Gasteiger partial charge in [0.1, 0.15) is 6.10 Å². The van der Waals surface area contributed by atoms with Gasteiger partial charge in [0.05, 0.1) is 0 Å². The lowest BCUT2D eigenvalue weighted by Gasteiger charge is -2.10. The van der Waals surface area contributed by atoms with E-state index in [4.69, 9.17) is 5.11 Å². The normalized spacial score (nSPS) is 13.0. The first-order valence-corrected chi connectivity index (χ1v) is 3.95. The minimum atomic E-state index is -2.73. The first kappa shape index (κ1) is 12.2. The van der Waals surface area contributed by atoms with Crippen LogP contribution in [0.5, 0.6) is 0 Å². The maximum Gasteiger partial charge on any atom is 0.265 e. The van der Waals surface area contributed by atoms with Crippen LogP contribution in [0.2, 0.25) is 0 Å². The molecule has 0 saturated heterocycles. The van der Waals surface area contributed by atoms with Gasteiger partial charge in [-0.2, -0.15) is 0 Å². The Hall–Kier alpha value is -0.750. The molecule has 0 aliphatic carbocycles. The van der Waals surface area contributed by atoms with Crippen LogP contribution in [0.15, 0.2) is 0 Å². The smallest absolute Gasteiger partial charge is 0.265 e. The lowest BCUT2D eigenvalue weighted by molar-refractivity contribution is -0.118. The first-order valence-electron chi connectivity index (χ1n) is 3.95. The molecule has 0 bridgehead atoms. The Morgan fingerprint density at radius 1 is 1.46 bits per heavy atom. The topological polar surface area (TPSA) is 61.4 Å². The van der Waals surface area contributed by atoms with E-state index in [-0.39, 0.29) is 12.5 Å². The minimum Gasteiger partial charge on any atom is -0.386 e. The van der Waals surface area contributed by atoms with Gasteiger partial charge in [-0.25, -0.2) is 8.78 Å². The number of carbonyl (C=O) groups excluding carboxylic acids is 1. The highest BCUT2D eigenvalue weighted by molar-refractivity contribution is 5.72. The minimum absolute atomic E-state index is 0.169. The zero-order valence-corrected chi connectivity index (χ0v) is 7.39. The fourth-order valence-electron chi connectivity index (χ4n) is 0.666. The van der Waals surface area contributed by atoms with E-state index in [9.17, 15) is 13.6 Å². The van der Waals surface area contributed by atoms with Crippen LogP contribution in [0.25, 0.3) is 0 Å². The number of alkyl halides is 2. The van der Waals surface area contributed by atoms with Crippen molar-refractivity contribution in [1.82, 2.24) is 10.6 Å². The van der Waals surface area contributed by atoms with Crippen molar-refractivity contribution in [3.05, 3.63) is 0 Å². The summed E-state index contributed by atoms with van der Waals surface area (Å²) >= 11 is 0. The Labute approximate surface area is 75.3 Å². The van der Waals surface area contributed by atoms with E-state index in [2.05, 4.69) is 10.6 Å². The molecule has 0 saturated carbocycles. The Morgan fingerprint density at radius 3 is 2.54 bits per heavy atom. The van der Waals surface area contributed by atoms with E-state index >= 15 is 0 Å². The number of carbonyl (C=O) groups is 1. The number of aliphatic hydroxyl groups excluding tert-OH is 1. The maximum absolute atomic E-state index is 11.7. The molecule has 0 spiro atoms. The van der Waals surface area contributed by atoms with Crippen molar-refractivity contribution in [1.29, 1.82) is 0 Å². The molecule has 1 amide bonds. The van der Waals surface area contributed by atoms with Gasteiger partial charge in [0.25, 0.3) is 6.43 Å². The molecule has 0 heterocycles. The predicted molar refractivity (Wildman–Crippen MR) is 43.6 cm³/mol. The van der Waals surface area contributed by atoms with Crippen LogP contribution in [0.4, 0.5) is 8.78 Å². The average Bonchev–Trinajstić information content (AvgIpc) is 2.02. The lowest BCUT2D eigenvalue weighted by atomic mass is 10.3. The third-order valence-corrected chi connectivity index (χ3v) is 1.32. The number of halogens is 2. The summed E-state index contributed by atoms with van der Waals surface area (Å²) in [6.45, 7) is 1.93. The molecule has 0 aromatic carbocycles. The Balaban J connectivity index is 3.21. The van der Waals surface area contributed by atoms with Crippen molar-refractivity contribution >= 4 is 5.91 Å². The average molecular weight is 196 g/mol. The molecular weight excluding hydrogens is 182 g/mol. The number of nitrogens with one attached hydrogen (secondary N) is 2. The van der Waals surface area contributed by atoms with E-state index in [1.54, 1.807) is 0 Å². The standard InChI is InChI=1S/C7H14F2N2O2/c1-5(12)11-3-2-10-4-6(13)7(8)9/h6-7,10,13H,2-4H2,1H3,(H,11,12). The van der Waals surface area contributed by atoms with Crippen molar-refractivity contribution < 1.29 is 18.7 Å². The molecule has 13 heavy (non-hydrogen) atoms. The van der Waals surface area contributed by atoms with Crippen LogP contribution in [-0.4, -0.2) is 43.2 Å². The zero-order chi connectivity index (χ0) is 10.3. The van der Waals surface area contributed by atoms with Crippen LogP contribution in [-0.2, 0) is 4.79 Å². The van der Waals surface area contributed by atoms with E-state index in [1.807, 2.05) is 0 Å². The largest absolute Gasteiger partial charge is 0.386 e. The van der Waals surface area contributed by atoms with Crippen LogP contribution in [0.1, 0.15) is 6.92 Å². The molecule has 0 fully saturated rings.